The third-order valence-electron chi connectivity index (χ3n) is 3.86. The van der Waals surface area contributed by atoms with Crippen molar-refractivity contribution in [3.63, 3.8) is 0 Å². The van der Waals surface area contributed by atoms with Gasteiger partial charge < -0.3 is 10.4 Å². The van der Waals surface area contributed by atoms with E-state index >= 15 is 0 Å². The number of amides is 2. The largest absolute Gasteiger partial charge is 0.480 e. The normalized spacial score (nSPS) is 17.2. The van der Waals surface area contributed by atoms with E-state index < -0.39 is 17.4 Å². The molecule has 2 rings (SSSR count). The molecule has 1 aromatic rings. The van der Waals surface area contributed by atoms with Gasteiger partial charge in [0.25, 0.3) is 5.91 Å². The first-order chi connectivity index (χ1) is 10.9. The van der Waals surface area contributed by atoms with Crippen LogP contribution in [0, 0.1) is 0 Å². The van der Waals surface area contributed by atoms with Crippen molar-refractivity contribution < 1.29 is 19.5 Å². The molecule has 1 aromatic carbocycles. The first-order valence-corrected chi connectivity index (χ1v) is 7.39. The molecule has 0 saturated heterocycles. The molecule has 1 atom stereocenters. The summed E-state index contributed by atoms with van der Waals surface area (Å²) in [7, 11) is 0. The van der Waals surface area contributed by atoms with E-state index in [1.807, 2.05) is 6.07 Å². The summed E-state index contributed by atoms with van der Waals surface area (Å²) in [5.74, 6) is -1.88. The lowest BCUT2D eigenvalue weighted by molar-refractivity contribution is -0.146. The maximum Gasteiger partial charge on any atom is 0.329 e. The van der Waals surface area contributed by atoms with E-state index in [0.717, 1.165) is 0 Å². The average Bonchev–Trinajstić information content (AvgIpc) is 2.55. The van der Waals surface area contributed by atoms with Gasteiger partial charge in [0.05, 0.1) is 5.69 Å². The van der Waals surface area contributed by atoms with Crippen molar-refractivity contribution in [1.29, 1.82) is 0 Å². The number of hydrogen-bond donors (Lipinski definition) is 2. The highest BCUT2D eigenvalue weighted by atomic mass is 16.4. The fourth-order valence-corrected chi connectivity index (χ4v) is 2.10. The molecule has 1 heterocycles. The van der Waals surface area contributed by atoms with Gasteiger partial charge in [-0.3, -0.25) is 9.59 Å². The van der Waals surface area contributed by atoms with Crippen molar-refractivity contribution >= 4 is 29.2 Å². The van der Waals surface area contributed by atoms with E-state index in [1.165, 1.54) is 11.9 Å². The zero-order valence-corrected chi connectivity index (χ0v) is 13.1. The van der Waals surface area contributed by atoms with Crippen LogP contribution < -0.4 is 10.3 Å². The van der Waals surface area contributed by atoms with Gasteiger partial charge in [0.15, 0.2) is 0 Å². The predicted octanol–water partition coefficient (Wildman–Crippen LogP) is 1.54. The SMILES string of the molecule is CCC(C)(NC(=O)C1=NN(c2ccccc2)C(=O)CC1)C(=O)O. The van der Waals surface area contributed by atoms with Gasteiger partial charge in [-0.15, -0.1) is 0 Å². The molecule has 0 aromatic heterocycles. The number of para-hydroxylation sites is 1. The van der Waals surface area contributed by atoms with Gasteiger partial charge in [-0.2, -0.15) is 5.10 Å². The number of nitrogens with zero attached hydrogens (tertiary/aromatic N) is 2. The second kappa shape index (κ2) is 6.60. The monoisotopic (exact) mass is 317 g/mol. The zero-order valence-electron chi connectivity index (χ0n) is 13.1. The van der Waals surface area contributed by atoms with Crippen LogP contribution >= 0.6 is 0 Å². The quantitative estimate of drug-likeness (QED) is 0.860. The summed E-state index contributed by atoms with van der Waals surface area (Å²) < 4.78 is 0. The summed E-state index contributed by atoms with van der Waals surface area (Å²) in [6.07, 6.45) is 0.577. The van der Waals surface area contributed by atoms with E-state index in [-0.39, 0.29) is 30.9 Å². The predicted molar refractivity (Wildman–Crippen MR) is 85.1 cm³/mol. The number of carbonyl (C=O) groups excluding carboxylic acids is 2. The number of nitrogens with one attached hydrogen (secondary N) is 1. The highest BCUT2D eigenvalue weighted by Crippen LogP contribution is 2.20. The molecule has 1 aliphatic rings. The number of benzene rings is 1. The minimum Gasteiger partial charge on any atom is -0.480 e. The number of carboxylic acid groups (broad SMARTS) is 1. The molecule has 2 amide bonds. The van der Waals surface area contributed by atoms with Crippen molar-refractivity contribution in [3.05, 3.63) is 30.3 Å². The molecule has 7 heteroatoms. The number of anilines is 1. The summed E-state index contributed by atoms with van der Waals surface area (Å²) in [5, 5.41) is 17.0. The van der Waals surface area contributed by atoms with Crippen LogP contribution in [0.2, 0.25) is 0 Å². The molecule has 7 nitrogen and oxygen atoms in total. The van der Waals surface area contributed by atoms with Crippen molar-refractivity contribution in [1.82, 2.24) is 5.32 Å². The highest BCUT2D eigenvalue weighted by Gasteiger charge is 2.35. The van der Waals surface area contributed by atoms with Gasteiger partial charge in [-0.25, -0.2) is 9.80 Å². The molecule has 2 N–H and O–H groups in total. The van der Waals surface area contributed by atoms with E-state index in [1.54, 1.807) is 31.2 Å². The first kappa shape index (κ1) is 16.7. The van der Waals surface area contributed by atoms with Gasteiger partial charge in [0, 0.05) is 12.8 Å². The fourth-order valence-electron chi connectivity index (χ4n) is 2.10. The van der Waals surface area contributed by atoms with Crippen LogP contribution in [0.3, 0.4) is 0 Å². The molecule has 0 bridgehead atoms. The Hall–Kier alpha value is -2.70. The third-order valence-corrected chi connectivity index (χ3v) is 3.86. The van der Waals surface area contributed by atoms with Gasteiger partial charge in [0.2, 0.25) is 5.91 Å². The lowest BCUT2D eigenvalue weighted by Gasteiger charge is -2.27. The van der Waals surface area contributed by atoms with E-state index in [0.29, 0.717) is 5.69 Å². The van der Waals surface area contributed by atoms with Crippen molar-refractivity contribution in [2.24, 2.45) is 5.10 Å². The Bertz CT molecular complexity index is 657. The van der Waals surface area contributed by atoms with E-state index in [9.17, 15) is 19.5 Å². The first-order valence-electron chi connectivity index (χ1n) is 7.39. The van der Waals surface area contributed by atoms with Gasteiger partial charge in [-0.1, -0.05) is 25.1 Å². The van der Waals surface area contributed by atoms with Crippen LogP contribution in [0.1, 0.15) is 33.1 Å². The molecule has 1 aliphatic heterocycles. The maximum absolute atomic E-state index is 12.3. The standard InChI is InChI=1S/C16H19N3O4/c1-3-16(2,15(22)23)17-14(21)12-9-10-13(20)19(18-12)11-7-5-4-6-8-11/h4-8H,3,9-10H2,1-2H3,(H,17,21)(H,22,23). The van der Waals surface area contributed by atoms with Crippen LogP contribution in [0.15, 0.2) is 35.4 Å². The average molecular weight is 317 g/mol. The molecule has 23 heavy (non-hydrogen) atoms. The molecule has 0 saturated carbocycles. The topological polar surface area (TPSA) is 99.1 Å². The molecule has 0 aliphatic carbocycles. The lowest BCUT2D eigenvalue weighted by atomic mass is 9.98. The Morgan fingerprint density at radius 2 is 1.96 bits per heavy atom. The molecular weight excluding hydrogens is 298 g/mol. The Labute approximate surface area is 134 Å². The number of rotatable bonds is 5. The Kier molecular flexibility index (Phi) is 4.78. The molecule has 0 fully saturated rings. The van der Waals surface area contributed by atoms with Gasteiger partial charge in [0.1, 0.15) is 11.3 Å². The molecule has 122 valence electrons. The number of aliphatic carboxylic acids is 1. The summed E-state index contributed by atoms with van der Waals surface area (Å²) >= 11 is 0. The second-order valence-electron chi connectivity index (χ2n) is 5.53. The van der Waals surface area contributed by atoms with Crippen molar-refractivity contribution in [2.45, 2.75) is 38.6 Å². The minimum atomic E-state index is -1.36. The van der Waals surface area contributed by atoms with Crippen molar-refractivity contribution in [2.75, 3.05) is 5.01 Å². The summed E-state index contributed by atoms with van der Waals surface area (Å²) in [4.78, 5) is 35.6. The summed E-state index contributed by atoms with van der Waals surface area (Å²) in [6, 6.07) is 8.79. The van der Waals surface area contributed by atoms with Gasteiger partial charge >= 0.3 is 5.97 Å². The van der Waals surface area contributed by atoms with Gasteiger partial charge in [-0.05, 0) is 25.5 Å². The van der Waals surface area contributed by atoms with Crippen LogP contribution in [0.5, 0.6) is 0 Å². The Balaban J connectivity index is 2.24. The summed E-state index contributed by atoms with van der Waals surface area (Å²) in [5.41, 5.74) is -0.646. The van der Waals surface area contributed by atoms with Crippen LogP contribution in [0.25, 0.3) is 0 Å². The number of carbonyl (C=O) groups is 3. The zero-order chi connectivity index (χ0) is 17.0. The third kappa shape index (κ3) is 3.56. The molecular formula is C16H19N3O4. The minimum absolute atomic E-state index is 0.148. The fraction of sp³-hybridized carbons (Fsp3) is 0.375. The molecule has 0 radical (unpaired) electrons. The smallest absolute Gasteiger partial charge is 0.329 e. The van der Waals surface area contributed by atoms with E-state index in [4.69, 9.17) is 0 Å². The second-order valence-corrected chi connectivity index (χ2v) is 5.53. The Morgan fingerprint density at radius 1 is 1.30 bits per heavy atom. The van der Waals surface area contributed by atoms with Crippen molar-refractivity contribution in [3.8, 4) is 0 Å². The maximum atomic E-state index is 12.3. The number of hydrazone groups is 1. The molecule has 0 spiro atoms. The number of hydrogen-bond acceptors (Lipinski definition) is 4. The van der Waals surface area contributed by atoms with Crippen LogP contribution in [-0.2, 0) is 14.4 Å². The Morgan fingerprint density at radius 3 is 2.52 bits per heavy atom. The highest BCUT2D eigenvalue weighted by molar-refractivity contribution is 6.40. The lowest BCUT2D eigenvalue weighted by Crippen LogP contribution is -2.54. The molecule has 1 unspecified atom stereocenters. The van der Waals surface area contributed by atoms with Crippen LogP contribution in [-0.4, -0.2) is 34.1 Å². The van der Waals surface area contributed by atoms with Crippen LogP contribution in [0.4, 0.5) is 5.69 Å². The van der Waals surface area contributed by atoms with E-state index in [2.05, 4.69) is 10.4 Å². The summed E-state index contributed by atoms with van der Waals surface area (Å²) in [6.45, 7) is 3.12. The number of carboxylic acids is 1.